The van der Waals surface area contributed by atoms with Crippen LogP contribution < -0.4 is 0 Å². The molecule has 6 nitrogen and oxygen atoms in total. The molecule has 2 aliphatic rings. The number of carboxylic acid groups (broad SMARTS) is 1. The van der Waals surface area contributed by atoms with Crippen molar-refractivity contribution in [1.29, 1.82) is 0 Å². The number of thioether (sulfide) groups is 1. The lowest BCUT2D eigenvalue weighted by Crippen LogP contribution is -2.33. The van der Waals surface area contributed by atoms with Crippen molar-refractivity contribution in [2.45, 2.75) is 12.3 Å². The molecule has 3 aromatic carbocycles. The van der Waals surface area contributed by atoms with E-state index in [4.69, 9.17) is 16.7 Å². The number of carbonyl (C=O) groups is 4. The second-order valence-electron chi connectivity index (χ2n) is 8.27. The van der Waals surface area contributed by atoms with Gasteiger partial charge in [0.25, 0.3) is 11.1 Å². The number of amides is 2. The SMILES string of the molecule is O=C(O)CN1C(=O)S/C(=C2\C(=O)C(Cc3ccc(Cl)cc3)c3ccc(-c4ccccc4)cc32)C1=O. The molecule has 0 aromatic heterocycles. The molecule has 0 bridgehead atoms. The highest BCUT2D eigenvalue weighted by atomic mass is 35.5. The number of ketones is 1. The highest BCUT2D eigenvalue weighted by Gasteiger charge is 2.44. The number of nitrogens with zero attached hydrogens (tertiary/aromatic N) is 1. The molecule has 1 unspecified atom stereocenters. The maximum absolute atomic E-state index is 13.8. The first-order valence-corrected chi connectivity index (χ1v) is 12.0. The van der Waals surface area contributed by atoms with Gasteiger partial charge in [-0.05, 0) is 64.2 Å². The van der Waals surface area contributed by atoms with Crippen LogP contribution in [0.5, 0.6) is 0 Å². The second-order valence-corrected chi connectivity index (χ2v) is 9.67. The number of imide groups is 1. The molecule has 174 valence electrons. The van der Waals surface area contributed by atoms with Crippen LogP contribution in [0.15, 0.2) is 77.7 Å². The molecule has 1 fully saturated rings. The van der Waals surface area contributed by atoms with Gasteiger partial charge in [0.05, 0.1) is 10.8 Å². The largest absolute Gasteiger partial charge is 0.480 e. The number of allylic oxidation sites excluding steroid dienone is 1. The zero-order chi connectivity index (χ0) is 24.7. The van der Waals surface area contributed by atoms with Gasteiger partial charge in [0.15, 0.2) is 5.78 Å². The normalized spacial score (nSPS) is 19.4. The van der Waals surface area contributed by atoms with Gasteiger partial charge in [-0.3, -0.25) is 24.1 Å². The molecule has 1 aliphatic carbocycles. The van der Waals surface area contributed by atoms with Crippen molar-refractivity contribution in [3.05, 3.63) is 99.4 Å². The molecule has 1 aliphatic heterocycles. The van der Waals surface area contributed by atoms with E-state index in [-0.39, 0.29) is 16.3 Å². The third-order valence-corrected chi connectivity index (χ3v) is 7.32. The summed E-state index contributed by atoms with van der Waals surface area (Å²) in [5.41, 5.74) is 4.26. The number of hydrogen-bond acceptors (Lipinski definition) is 5. The van der Waals surface area contributed by atoms with Crippen molar-refractivity contribution in [2.24, 2.45) is 0 Å². The first-order chi connectivity index (χ1) is 16.8. The molecule has 0 spiro atoms. The Morgan fingerprint density at radius 1 is 0.943 bits per heavy atom. The van der Waals surface area contributed by atoms with E-state index in [2.05, 4.69) is 0 Å². The zero-order valence-corrected chi connectivity index (χ0v) is 19.8. The van der Waals surface area contributed by atoms with E-state index >= 15 is 0 Å². The monoisotopic (exact) mass is 503 g/mol. The lowest BCUT2D eigenvalue weighted by molar-refractivity contribution is -0.140. The van der Waals surface area contributed by atoms with Gasteiger partial charge < -0.3 is 5.11 Å². The molecule has 1 N–H and O–H groups in total. The quantitative estimate of drug-likeness (QED) is 0.468. The van der Waals surface area contributed by atoms with Gasteiger partial charge in [-0.15, -0.1) is 0 Å². The van der Waals surface area contributed by atoms with E-state index in [9.17, 15) is 19.2 Å². The standard InChI is InChI=1S/C27H18ClNO5S/c28-18-9-6-15(7-10-18)12-21-19-11-8-17(16-4-2-1-3-5-16)13-20(19)23(24(21)32)25-26(33)29(14-22(30)31)27(34)35-25/h1-11,13,21H,12,14H2,(H,30,31)/b25-23-. The van der Waals surface area contributed by atoms with Crippen LogP contribution in [-0.4, -0.2) is 39.5 Å². The number of rotatable bonds is 5. The summed E-state index contributed by atoms with van der Waals surface area (Å²) in [4.78, 5) is 51.1. The number of Topliss-reactive ketones (excluding diaryl/α,β-unsaturated/α-hetero) is 1. The van der Waals surface area contributed by atoms with Gasteiger partial charge >= 0.3 is 5.97 Å². The summed E-state index contributed by atoms with van der Waals surface area (Å²) < 4.78 is 0. The Bertz CT molecular complexity index is 1420. The molecule has 35 heavy (non-hydrogen) atoms. The average molecular weight is 504 g/mol. The van der Waals surface area contributed by atoms with E-state index in [1.165, 1.54) is 0 Å². The highest BCUT2D eigenvalue weighted by Crippen LogP contribution is 2.47. The second kappa shape index (κ2) is 9.17. The Balaban J connectivity index is 1.64. The summed E-state index contributed by atoms with van der Waals surface area (Å²) in [6.07, 6.45) is 0.399. The maximum atomic E-state index is 13.8. The molecular weight excluding hydrogens is 486 g/mol. The molecule has 2 amide bonds. The van der Waals surface area contributed by atoms with Crippen molar-refractivity contribution in [1.82, 2.24) is 4.90 Å². The third kappa shape index (κ3) is 4.29. The number of benzene rings is 3. The minimum absolute atomic E-state index is 0.0219. The van der Waals surface area contributed by atoms with Crippen LogP contribution in [0.4, 0.5) is 4.79 Å². The molecule has 8 heteroatoms. The first-order valence-electron chi connectivity index (χ1n) is 10.8. The lowest BCUT2D eigenvalue weighted by Gasteiger charge is -2.11. The van der Waals surface area contributed by atoms with Crippen molar-refractivity contribution in [3.8, 4) is 11.1 Å². The van der Waals surface area contributed by atoms with E-state index in [0.717, 1.165) is 22.3 Å². The van der Waals surface area contributed by atoms with Gasteiger partial charge in [-0.2, -0.15) is 0 Å². The zero-order valence-electron chi connectivity index (χ0n) is 18.2. The minimum Gasteiger partial charge on any atom is -0.480 e. The van der Waals surface area contributed by atoms with Crippen LogP contribution in [0, 0.1) is 0 Å². The van der Waals surface area contributed by atoms with E-state index in [0.29, 0.717) is 33.7 Å². The summed E-state index contributed by atoms with van der Waals surface area (Å²) in [5.74, 6) is -2.87. The maximum Gasteiger partial charge on any atom is 0.323 e. The number of fused-ring (bicyclic) bond motifs is 1. The van der Waals surface area contributed by atoms with Crippen molar-refractivity contribution in [2.75, 3.05) is 6.54 Å². The average Bonchev–Trinajstić information content (AvgIpc) is 3.27. The molecule has 1 heterocycles. The molecule has 1 saturated heterocycles. The van der Waals surface area contributed by atoms with E-state index in [1.807, 2.05) is 60.7 Å². The topological polar surface area (TPSA) is 91.8 Å². The molecule has 0 saturated carbocycles. The summed E-state index contributed by atoms with van der Waals surface area (Å²) >= 11 is 6.63. The van der Waals surface area contributed by atoms with Crippen LogP contribution >= 0.6 is 23.4 Å². The Kier molecular flexibility index (Phi) is 6.05. The summed E-state index contributed by atoms with van der Waals surface area (Å²) in [5, 5.41) is 9.00. The van der Waals surface area contributed by atoms with Gasteiger partial charge in [-0.25, -0.2) is 0 Å². The van der Waals surface area contributed by atoms with Crippen molar-refractivity contribution < 1.29 is 24.3 Å². The number of halogens is 1. The Morgan fingerprint density at radius 3 is 2.34 bits per heavy atom. The van der Waals surface area contributed by atoms with Crippen LogP contribution in [0.25, 0.3) is 16.7 Å². The predicted octanol–water partition coefficient (Wildman–Crippen LogP) is 5.41. The van der Waals surface area contributed by atoms with Crippen LogP contribution in [0.2, 0.25) is 5.02 Å². The first kappa shape index (κ1) is 23.1. The Morgan fingerprint density at radius 2 is 1.66 bits per heavy atom. The van der Waals surface area contributed by atoms with Crippen LogP contribution in [0.1, 0.15) is 22.6 Å². The van der Waals surface area contributed by atoms with Gasteiger partial charge in [0, 0.05) is 10.6 Å². The Labute approximate surface area is 210 Å². The summed E-state index contributed by atoms with van der Waals surface area (Å²) in [7, 11) is 0. The van der Waals surface area contributed by atoms with E-state index < -0.39 is 29.6 Å². The predicted molar refractivity (Wildman–Crippen MR) is 134 cm³/mol. The van der Waals surface area contributed by atoms with Gasteiger partial charge in [0.2, 0.25) is 0 Å². The Hall–Kier alpha value is -3.68. The van der Waals surface area contributed by atoms with Gasteiger partial charge in [0.1, 0.15) is 6.54 Å². The number of carboxylic acids is 1. The lowest BCUT2D eigenvalue weighted by atomic mass is 9.92. The molecular formula is C27H18ClNO5S. The van der Waals surface area contributed by atoms with Crippen LogP contribution in [-0.2, 0) is 20.8 Å². The minimum atomic E-state index is -1.30. The number of aliphatic carboxylic acids is 1. The van der Waals surface area contributed by atoms with E-state index in [1.54, 1.807) is 12.1 Å². The smallest absolute Gasteiger partial charge is 0.323 e. The fourth-order valence-corrected chi connectivity index (χ4v) is 5.52. The fourth-order valence-electron chi connectivity index (χ4n) is 4.45. The molecule has 1 atom stereocenters. The molecule has 0 radical (unpaired) electrons. The van der Waals surface area contributed by atoms with Gasteiger partial charge in [-0.1, -0.05) is 66.2 Å². The fraction of sp³-hybridized carbons (Fsp3) is 0.111. The van der Waals surface area contributed by atoms with Crippen molar-refractivity contribution >= 4 is 51.8 Å². The van der Waals surface area contributed by atoms with Crippen molar-refractivity contribution in [3.63, 3.8) is 0 Å². The highest BCUT2D eigenvalue weighted by molar-refractivity contribution is 8.18. The molecule has 3 aromatic rings. The summed E-state index contributed by atoms with van der Waals surface area (Å²) in [6.45, 7) is -0.749. The number of carbonyl (C=O) groups excluding carboxylic acids is 3. The summed E-state index contributed by atoms with van der Waals surface area (Å²) in [6, 6.07) is 22.6. The third-order valence-electron chi connectivity index (χ3n) is 6.09. The number of hydrogen-bond donors (Lipinski definition) is 1. The van der Waals surface area contributed by atoms with Crippen LogP contribution in [0.3, 0.4) is 0 Å². The molecule has 5 rings (SSSR count).